The van der Waals surface area contributed by atoms with E-state index in [4.69, 9.17) is 5.11 Å². The van der Waals surface area contributed by atoms with Gasteiger partial charge in [0.1, 0.15) is 0 Å². The molecule has 0 aliphatic rings. The normalized spacial score (nSPS) is 12.2. The summed E-state index contributed by atoms with van der Waals surface area (Å²) >= 11 is 0. The molecule has 1 aromatic heterocycles. The summed E-state index contributed by atoms with van der Waals surface area (Å²) in [4.78, 5) is 36.2. The Bertz CT molecular complexity index is 719. The number of nitrogens with zero attached hydrogens (tertiary/aromatic N) is 1. The monoisotopic (exact) mass is 290 g/mol. The maximum atomic E-state index is 12.3. The predicted molar refractivity (Wildman–Crippen MR) is 75.3 cm³/mol. The molecule has 2 N–H and O–H groups in total. The minimum Gasteiger partial charge on any atom is -0.481 e. The van der Waals surface area contributed by atoms with E-state index in [-0.39, 0.29) is 41.2 Å². The Morgan fingerprint density at radius 1 is 1.38 bits per heavy atom. The van der Waals surface area contributed by atoms with E-state index in [0.717, 1.165) is 0 Å². The molecule has 2 aromatic rings. The number of aromatic nitrogens is 1. The number of H-pyrrole nitrogens is 1. The molecule has 0 aliphatic heterocycles. The number of rotatable bonds is 6. The molecule has 0 fully saturated rings. The highest BCUT2D eigenvalue weighted by Crippen LogP contribution is 2.30. The number of fused-ring (bicyclic) bond motifs is 1. The van der Waals surface area contributed by atoms with Crippen molar-refractivity contribution in [1.29, 1.82) is 0 Å². The van der Waals surface area contributed by atoms with E-state index in [0.29, 0.717) is 5.52 Å². The van der Waals surface area contributed by atoms with Crippen LogP contribution in [0.2, 0.25) is 0 Å². The number of Topliss-reactive ketones (excluding diaryl/α,β-unsaturated/α-hetero) is 1. The lowest BCUT2D eigenvalue weighted by atomic mass is 9.96. The van der Waals surface area contributed by atoms with Crippen LogP contribution in [0.25, 0.3) is 10.9 Å². The fourth-order valence-electron chi connectivity index (χ4n) is 2.33. The number of aromatic amines is 1. The van der Waals surface area contributed by atoms with Crippen LogP contribution < -0.4 is 0 Å². The first kappa shape index (κ1) is 14.7. The first-order valence-corrected chi connectivity index (χ1v) is 6.39. The van der Waals surface area contributed by atoms with Crippen LogP contribution in [0.1, 0.15) is 30.1 Å². The predicted octanol–water partition coefficient (Wildman–Crippen LogP) is 2.76. The minimum atomic E-state index is -0.972. The number of nitrogens with one attached hydrogen (secondary N) is 1. The lowest BCUT2D eigenvalue weighted by Crippen LogP contribution is -2.10. The van der Waals surface area contributed by atoms with Crippen molar-refractivity contribution in [3.63, 3.8) is 0 Å². The number of benzene rings is 1. The van der Waals surface area contributed by atoms with Crippen LogP contribution in [0.5, 0.6) is 0 Å². The van der Waals surface area contributed by atoms with Gasteiger partial charge in [-0.2, -0.15) is 0 Å². The van der Waals surface area contributed by atoms with Gasteiger partial charge >= 0.3 is 5.97 Å². The summed E-state index contributed by atoms with van der Waals surface area (Å²) in [6.45, 7) is 1.66. The molecule has 0 bridgehead atoms. The van der Waals surface area contributed by atoms with Crippen molar-refractivity contribution in [2.45, 2.75) is 19.8 Å². The maximum absolute atomic E-state index is 12.3. The van der Waals surface area contributed by atoms with Crippen molar-refractivity contribution in [3.05, 3.63) is 40.1 Å². The Kier molecular flexibility index (Phi) is 4.02. The SMILES string of the molecule is CC(CC(=O)O)CC(=O)c1c[nH]c2cccc([N+](=O)[O-])c12. The summed E-state index contributed by atoms with van der Waals surface area (Å²) in [6.07, 6.45) is 1.36. The van der Waals surface area contributed by atoms with Gasteiger partial charge in [0.05, 0.1) is 15.8 Å². The quantitative estimate of drug-likeness (QED) is 0.482. The molecule has 0 spiro atoms. The van der Waals surface area contributed by atoms with Crippen LogP contribution in [0.3, 0.4) is 0 Å². The van der Waals surface area contributed by atoms with Gasteiger partial charge in [-0.25, -0.2) is 0 Å². The molecule has 1 heterocycles. The number of carboxylic acid groups (broad SMARTS) is 1. The lowest BCUT2D eigenvalue weighted by molar-refractivity contribution is -0.383. The zero-order valence-electron chi connectivity index (χ0n) is 11.3. The summed E-state index contributed by atoms with van der Waals surface area (Å²) in [5.41, 5.74) is 0.607. The van der Waals surface area contributed by atoms with Crippen LogP contribution in [0.15, 0.2) is 24.4 Å². The van der Waals surface area contributed by atoms with Crippen LogP contribution in [-0.4, -0.2) is 26.8 Å². The van der Waals surface area contributed by atoms with Crippen molar-refractivity contribution in [2.75, 3.05) is 0 Å². The number of ketones is 1. The van der Waals surface area contributed by atoms with Gasteiger partial charge < -0.3 is 10.1 Å². The second-order valence-electron chi connectivity index (χ2n) is 4.99. The first-order valence-electron chi connectivity index (χ1n) is 6.39. The molecule has 1 unspecified atom stereocenters. The Labute approximate surface area is 119 Å². The van der Waals surface area contributed by atoms with Crippen molar-refractivity contribution in [1.82, 2.24) is 4.98 Å². The molecule has 1 atom stereocenters. The molecule has 7 nitrogen and oxygen atoms in total. The Hall–Kier alpha value is -2.70. The van der Waals surface area contributed by atoms with E-state index in [1.807, 2.05) is 0 Å². The van der Waals surface area contributed by atoms with Gasteiger partial charge in [0.2, 0.25) is 0 Å². The van der Waals surface area contributed by atoms with E-state index in [1.165, 1.54) is 18.3 Å². The molecule has 0 amide bonds. The Morgan fingerprint density at radius 3 is 2.71 bits per heavy atom. The minimum absolute atomic E-state index is 0.0330. The summed E-state index contributed by atoms with van der Waals surface area (Å²) in [5, 5.41) is 20.0. The third-order valence-corrected chi connectivity index (χ3v) is 3.24. The third kappa shape index (κ3) is 3.07. The number of nitro groups is 1. The molecule has 1 aromatic carbocycles. The Morgan fingerprint density at radius 2 is 2.10 bits per heavy atom. The summed E-state index contributed by atoms with van der Waals surface area (Å²) in [5.74, 6) is -1.60. The number of hydrogen-bond acceptors (Lipinski definition) is 4. The summed E-state index contributed by atoms with van der Waals surface area (Å²) < 4.78 is 0. The number of non-ortho nitro benzene ring substituents is 1. The standard InChI is InChI=1S/C14H14N2O5/c1-8(6-13(18)19)5-12(17)9-7-15-10-3-2-4-11(14(9)10)16(20)21/h2-4,7-8,15H,5-6H2,1H3,(H,18,19). The highest BCUT2D eigenvalue weighted by molar-refractivity contribution is 6.11. The van der Waals surface area contributed by atoms with Gasteiger partial charge in [0.25, 0.3) is 5.69 Å². The van der Waals surface area contributed by atoms with Gasteiger partial charge in [0.15, 0.2) is 5.78 Å². The van der Waals surface area contributed by atoms with Crippen molar-refractivity contribution in [2.24, 2.45) is 5.92 Å². The zero-order chi connectivity index (χ0) is 15.6. The fourth-order valence-corrected chi connectivity index (χ4v) is 2.33. The molecule has 7 heteroatoms. The average Bonchev–Trinajstić information content (AvgIpc) is 2.80. The van der Waals surface area contributed by atoms with Gasteiger partial charge in [-0.3, -0.25) is 19.7 Å². The molecule has 110 valence electrons. The number of carbonyl (C=O) groups is 2. The highest BCUT2D eigenvalue weighted by atomic mass is 16.6. The average molecular weight is 290 g/mol. The van der Waals surface area contributed by atoms with Gasteiger partial charge in [0, 0.05) is 30.7 Å². The van der Waals surface area contributed by atoms with Crippen molar-refractivity contribution >= 4 is 28.3 Å². The summed E-state index contributed by atoms with van der Waals surface area (Å²) in [7, 11) is 0. The van der Waals surface area contributed by atoms with E-state index in [9.17, 15) is 19.7 Å². The second-order valence-corrected chi connectivity index (χ2v) is 4.99. The van der Waals surface area contributed by atoms with E-state index in [2.05, 4.69) is 4.98 Å². The highest BCUT2D eigenvalue weighted by Gasteiger charge is 2.22. The van der Waals surface area contributed by atoms with Crippen LogP contribution in [-0.2, 0) is 4.79 Å². The van der Waals surface area contributed by atoms with Crippen molar-refractivity contribution < 1.29 is 19.6 Å². The fraction of sp³-hybridized carbons (Fsp3) is 0.286. The number of aliphatic carboxylic acids is 1. The number of hydrogen-bond donors (Lipinski definition) is 2. The molecular formula is C14H14N2O5. The van der Waals surface area contributed by atoms with Gasteiger partial charge in [-0.05, 0) is 12.0 Å². The van der Waals surface area contributed by atoms with Crippen LogP contribution in [0, 0.1) is 16.0 Å². The van der Waals surface area contributed by atoms with E-state index in [1.54, 1.807) is 13.0 Å². The lowest BCUT2D eigenvalue weighted by Gasteiger charge is -2.06. The van der Waals surface area contributed by atoms with Crippen molar-refractivity contribution in [3.8, 4) is 0 Å². The maximum Gasteiger partial charge on any atom is 0.303 e. The van der Waals surface area contributed by atoms with E-state index < -0.39 is 10.9 Å². The molecule has 21 heavy (non-hydrogen) atoms. The van der Waals surface area contributed by atoms with Crippen LogP contribution >= 0.6 is 0 Å². The number of carboxylic acids is 1. The number of nitro benzene ring substituents is 1. The van der Waals surface area contributed by atoms with Gasteiger partial charge in [-0.15, -0.1) is 0 Å². The molecule has 2 rings (SSSR count). The molecule has 0 aliphatic carbocycles. The van der Waals surface area contributed by atoms with Crippen LogP contribution in [0.4, 0.5) is 5.69 Å². The molecule has 0 radical (unpaired) electrons. The zero-order valence-corrected chi connectivity index (χ0v) is 11.3. The number of carbonyl (C=O) groups excluding carboxylic acids is 1. The smallest absolute Gasteiger partial charge is 0.303 e. The first-order chi connectivity index (χ1) is 9.90. The molecule has 0 saturated heterocycles. The third-order valence-electron chi connectivity index (χ3n) is 3.24. The van der Waals surface area contributed by atoms with Gasteiger partial charge in [-0.1, -0.05) is 13.0 Å². The summed E-state index contributed by atoms with van der Waals surface area (Å²) in [6, 6.07) is 4.53. The molecular weight excluding hydrogens is 276 g/mol. The topological polar surface area (TPSA) is 113 Å². The Balaban J connectivity index is 2.36. The second kappa shape index (κ2) is 5.74. The molecule has 0 saturated carbocycles. The van der Waals surface area contributed by atoms with E-state index >= 15 is 0 Å². The largest absolute Gasteiger partial charge is 0.481 e.